The second-order valence-electron chi connectivity index (χ2n) is 7.07. The van der Waals surface area contributed by atoms with Crippen molar-refractivity contribution in [2.75, 3.05) is 32.4 Å². The molecule has 0 radical (unpaired) electrons. The largest absolute Gasteiger partial charge is 0.411 e. The molecule has 3 aliphatic rings. The van der Waals surface area contributed by atoms with Crippen molar-refractivity contribution in [3.63, 3.8) is 0 Å². The van der Waals surface area contributed by atoms with Gasteiger partial charge in [0.25, 0.3) is 5.22 Å². The molecule has 1 amide bonds. The first-order valence-electron chi connectivity index (χ1n) is 9.04. The number of hydrogen-bond donors (Lipinski definition) is 0. The number of likely N-dealkylation sites (N-methyl/N-ethyl adjacent to an activating group) is 1. The zero-order valence-corrected chi connectivity index (χ0v) is 15.7. The van der Waals surface area contributed by atoms with Crippen LogP contribution in [0.3, 0.4) is 0 Å². The molecule has 3 fully saturated rings. The Morgan fingerprint density at radius 3 is 2.92 bits per heavy atom. The maximum atomic E-state index is 12.7. The molecular weight excluding hydrogens is 350 g/mol. The van der Waals surface area contributed by atoms with Crippen molar-refractivity contribution in [2.45, 2.75) is 30.5 Å². The monoisotopic (exact) mass is 373 g/mol. The molecule has 0 saturated carbocycles. The normalized spacial score (nSPS) is 23.2. The van der Waals surface area contributed by atoms with E-state index >= 15 is 0 Å². The minimum absolute atomic E-state index is 0.247. The topological polar surface area (TPSA) is 75.4 Å². The van der Waals surface area contributed by atoms with Gasteiger partial charge < -0.3 is 14.2 Å². The molecule has 26 heavy (non-hydrogen) atoms. The average molecular weight is 373 g/mol. The van der Waals surface area contributed by atoms with Crippen molar-refractivity contribution in [3.8, 4) is 11.5 Å². The van der Waals surface area contributed by atoms with Crippen LogP contribution in [0.1, 0.15) is 19.3 Å². The Hall–Kier alpha value is -1.93. The van der Waals surface area contributed by atoms with Gasteiger partial charge in [-0.3, -0.25) is 9.78 Å². The van der Waals surface area contributed by atoms with Crippen molar-refractivity contribution in [3.05, 3.63) is 24.5 Å². The number of fused-ring (bicyclic) bond motifs is 4. The number of thioether (sulfide) groups is 1. The van der Waals surface area contributed by atoms with Gasteiger partial charge in [0.15, 0.2) is 0 Å². The van der Waals surface area contributed by atoms with E-state index in [1.54, 1.807) is 12.4 Å². The molecule has 0 unspecified atom stereocenters. The SMILES string of the molecule is CN1C[C@H]2CC[C@@H](C1)N(C(=O)CCSc1nnc(-c3ccncc3)o1)C2. The molecule has 5 heterocycles. The van der Waals surface area contributed by atoms with Crippen LogP contribution < -0.4 is 0 Å². The molecule has 2 bridgehead atoms. The minimum atomic E-state index is 0.247. The van der Waals surface area contributed by atoms with E-state index in [1.165, 1.54) is 18.2 Å². The summed E-state index contributed by atoms with van der Waals surface area (Å²) in [5.74, 6) is 2.00. The molecule has 3 aliphatic heterocycles. The van der Waals surface area contributed by atoms with Crippen molar-refractivity contribution in [2.24, 2.45) is 5.92 Å². The Kier molecular flexibility index (Phi) is 5.21. The third-order valence-electron chi connectivity index (χ3n) is 5.09. The molecule has 7 nitrogen and oxygen atoms in total. The number of amides is 1. The standard InChI is InChI=1S/C18H23N5O2S/c1-22-10-13-2-3-15(12-22)23(11-13)16(24)6-9-26-18-21-20-17(25-18)14-4-7-19-8-5-14/h4-5,7-8,13,15H,2-3,6,9-12H2,1H3/t13-,15+/m1/s1. The number of carbonyl (C=O) groups excluding carboxylic acids is 1. The summed E-state index contributed by atoms with van der Waals surface area (Å²) in [6.07, 6.45) is 6.26. The Bertz CT molecular complexity index is 753. The summed E-state index contributed by atoms with van der Waals surface area (Å²) in [5, 5.41) is 8.62. The van der Waals surface area contributed by atoms with Gasteiger partial charge in [0, 0.05) is 55.8 Å². The van der Waals surface area contributed by atoms with E-state index in [1.807, 2.05) is 12.1 Å². The van der Waals surface area contributed by atoms with E-state index in [-0.39, 0.29) is 5.91 Å². The number of rotatable bonds is 5. The predicted octanol–water partition coefficient (Wildman–Crippen LogP) is 2.17. The third-order valence-corrected chi connectivity index (χ3v) is 5.91. The first-order valence-corrected chi connectivity index (χ1v) is 10.0. The Labute approximate surface area is 157 Å². The molecule has 8 heteroatoms. The third kappa shape index (κ3) is 3.91. The van der Waals surface area contributed by atoms with Gasteiger partial charge in [0.05, 0.1) is 0 Å². The minimum Gasteiger partial charge on any atom is -0.411 e. The van der Waals surface area contributed by atoms with E-state index in [4.69, 9.17) is 4.42 Å². The van der Waals surface area contributed by atoms with Crippen LogP contribution in [0.15, 0.2) is 34.2 Å². The van der Waals surface area contributed by atoms with Crippen molar-refractivity contribution < 1.29 is 9.21 Å². The van der Waals surface area contributed by atoms with Crippen molar-refractivity contribution >= 4 is 17.7 Å². The van der Waals surface area contributed by atoms with Crippen LogP contribution in [0.2, 0.25) is 0 Å². The zero-order valence-electron chi connectivity index (χ0n) is 14.9. The predicted molar refractivity (Wildman–Crippen MR) is 98.6 cm³/mol. The molecule has 0 spiro atoms. The smallest absolute Gasteiger partial charge is 0.276 e. The zero-order chi connectivity index (χ0) is 17.9. The molecular formula is C18H23N5O2S. The van der Waals surface area contributed by atoms with Crippen LogP contribution in [-0.2, 0) is 4.79 Å². The molecule has 0 aliphatic carbocycles. The lowest BCUT2D eigenvalue weighted by Gasteiger charge is -2.36. The van der Waals surface area contributed by atoms with E-state index in [0.717, 1.165) is 31.6 Å². The highest BCUT2D eigenvalue weighted by molar-refractivity contribution is 7.99. The van der Waals surface area contributed by atoms with Gasteiger partial charge in [-0.15, -0.1) is 10.2 Å². The lowest BCUT2D eigenvalue weighted by molar-refractivity contribution is -0.134. The number of piperidine rings is 1. The summed E-state index contributed by atoms with van der Waals surface area (Å²) in [6.45, 7) is 3.01. The van der Waals surface area contributed by atoms with Crippen LogP contribution in [0, 0.1) is 5.92 Å². The highest BCUT2D eigenvalue weighted by atomic mass is 32.2. The fourth-order valence-corrected chi connectivity index (χ4v) is 4.56. The fraction of sp³-hybridized carbons (Fsp3) is 0.556. The second kappa shape index (κ2) is 7.75. The highest BCUT2D eigenvalue weighted by Crippen LogP contribution is 2.28. The molecule has 0 N–H and O–H groups in total. The number of hydrogen-bond acceptors (Lipinski definition) is 7. The summed E-state index contributed by atoms with van der Waals surface area (Å²) < 4.78 is 5.66. The van der Waals surface area contributed by atoms with Gasteiger partial charge in [-0.1, -0.05) is 11.8 Å². The summed E-state index contributed by atoms with van der Waals surface area (Å²) in [7, 11) is 2.16. The maximum Gasteiger partial charge on any atom is 0.276 e. The van der Waals surface area contributed by atoms with Crippen LogP contribution in [-0.4, -0.2) is 69.4 Å². The second-order valence-corrected chi connectivity index (χ2v) is 8.12. The molecule has 2 aromatic rings. The first-order chi connectivity index (χ1) is 12.7. The number of carbonyl (C=O) groups is 1. The highest BCUT2D eigenvalue weighted by Gasteiger charge is 2.35. The summed E-state index contributed by atoms with van der Waals surface area (Å²) >= 11 is 1.44. The maximum absolute atomic E-state index is 12.7. The Morgan fingerprint density at radius 2 is 2.08 bits per heavy atom. The van der Waals surface area contributed by atoms with Gasteiger partial charge in [-0.25, -0.2) is 0 Å². The van der Waals surface area contributed by atoms with E-state index < -0.39 is 0 Å². The summed E-state index contributed by atoms with van der Waals surface area (Å²) in [5.41, 5.74) is 0.847. The van der Waals surface area contributed by atoms with Gasteiger partial charge in [0.2, 0.25) is 11.8 Å². The van der Waals surface area contributed by atoms with Gasteiger partial charge >= 0.3 is 0 Å². The number of pyridine rings is 1. The number of nitrogens with zero attached hydrogens (tertiary/aromatic N) is 5. The Morgan fingerprint density at radius 1 is 1.23 bits per heavy atom. The lowest BCUT2D eigenvalue weighted by Crippen LogP contribution is -2.47. The van der Waals surface area contributed by atoms with E-state index in [9.17, 15) is 4.79 Å². The lowest BCUT2D eigenvalue weighted by atomic mass is 9.95. The first kappa shape index (κ1) is 17.5. The summed E-state index contributed by atoms with van der Waals surface area (Å²) in [6, 6.07) is 4.03. The van der Waals surface area contributed by atoms with E-state index in [0.29, 0.717) is 35.2 Å². The van der Waals surface area contributed by atoms with E-state index in [2.05, 4.69) is 32.0 Å². The van der Waals surface area contributed by atoms with Gasteiger partial charge in [-0.2, -0.15) is 0 Å². The fourth-order valence-electron chi connectivity index (χ4n) is 3.87. The van der Waals surface area contributed by atoms with Gasteiger partial charge in [0.1, 0.15) is 0 Å². The average Bonchev–Trinajstić information content (AvgIpc) is 2.97. The molecule has 5 rings (SSSR count). The molecule has 0 aromatic carbocycles. The van der Waals surface area contributed by atoms with Gasteiger partial charge in [-0.05, 0) is 37.9 Å². The molecule has 2 atom stereocenters. The Balaban J connectivity index is 1.30. The van der Waals surface area contributed by atoms with Crippen LogP contribution in [0.5, 0.6) is 0 Å². The number of aromatic nitrogens is 3. The van der Waals surface area contributed by atoms with Crippen molar-refractivity contribution in [1.29, 1.82) is 0 Å². The summed E-state index contributed by atoms with van der Waals surface area (Å²) in [4.78, 5) is 21.1. The van der Waals surface area contributed by atoms with Crippen LogP contribution in [0.4, 0.5) is 0 Å². The van der Waals surface area contributed by atoms with Crippen LogP contribution >= 0.6 is 11.8 Å². The molecule has 138 valence electrons. The van der Waals surface area contributed by atoms with Crippen molar-refractivity contribution in [1.82, 2.24) is 25.0 Å². The molecule has 2 aromatic heterocycles. The van der Waals surface area contributed by atoms with Crippen LogP contribution in [0.25, 0.3) is 11.5 Å². The molecule has 3 saturated heterocycles. The quantitative estimate of drug-likeness (QED) is 0.744.